The van der Waals surface area contributed by atoms with Gasteiger partial charge >= 0.3 is 0 Å². The average Bonchev–Trinajstić information content (AvgIpc) is 2.48. The van der Waals surface area contributed by atoms with Gasteiger partial charge in [0, 0.05) is 24.7 Å². The Kier molecular flexibility index (Phi) is 5.84. The maximum absolute atomic E-state index is 6.01. The molecule has 0 aromatic heterocycles. The Bertz CT molecular complexity index is 293. The van der Waals surface area contributed by atoms with Crippen molar-refractivity contribution in [1.82, 2.24) is 10.3 Å². The van der Waals surface area contributed by atoms with E-state index in [-0.39, 0.29) is 5.54 Å². The zero-order chi connectivity index (χ0) is 14.6. The minimum atomic E-state index is 0.139. The first-order chi connectivity index (χ1) is 9.61. The highest BCUT2D eigenvalue weighted by Crippen LogP contribution is 2.37. The predicted molar refractivity (Wildman–Crippen MR) is 83.3 cm³/mol. The second-order valence-electron chi connectivity index (χ2n) is 6.99. The summed E-state index contributed by atoms with van der Waals surface area (Å²) in [6.07, 6.45) is 6.50. The molecule has 1 aliphatic carbocycles. The molecule has 4 nitrogen and oxygen atoms in total. The number of hydrogen-bond acceptors (Lipinski definition) is 4. The summed E-state index contributed by atoms with van der Waals surface area (Å²) in [7, 11) is 0. The maximum atomic E-state index is 6.01. The standard InChI is InChI=1S/C16H33N3O/c1-4-16(3,19-8-10-20-11-9-19)15(18-17)14-7-5-6-13(2)12-14/h13-15,18H,4-12,17H2,1-3H3. The van der Waals surface area contributed by atoms with Gasteiger partial charge in [-0.25, -0.2) is 0 Å². The molecule has 4 atom stereocenters. The van der Waals surface area contributed by atoms with Crippen molar-refractivity contribution < 1.29 is 4.74 Å². The number of nitrogens with one attached hydrogen (secondary N) is 1. The molecule has 0 bridgehead atoms. The molecule has 118 valence electrons. The van der Waals surface area contributed by atoms with Crippen LogP contribution in [0.1, 0.15) is 52.9 Å². The molecule has 4 unspecified atom stereocenters. The lowest BCUT2D eigenvalue weighted by molar-refractivity contribution is -0.0453. The number of ether oxygens (including phenoxy) is 1. The molecule has 1 saturated heterocycles. The highest BCUT2D eigenvalue weighted by molar-refractivity contribution is 5.00. The van der Waals surface area contributed by atoms with Crippen molar-refractivity contribution in [1.29, 1.82) is 0 Å². The fourth-order valence-electron chi connectivity index (χ4n) is 4.32. The van der Waals surface area contributed by atoms with Gasteiger partial charge in [-0.3, -0.25) is 16.2 Å². The van der Waals surface area contributed by atoms with Crippen LogP contribution in [0.2, 0.25) is 0 Å². The van der Waals surface area contributed by atoms with E-state index in [2.05, 4.69) is 31.1 Å². The smallest absolute Gasteiger partial charge is 0.0594 e. The van der Waals surface area contributed by atoms with Gasteiger partial charge in [0.05, 0.1) is 13.2 Å². The molecule has 20 heavy (non-hydrogen) atoms. The molecule has 3 N–H and O–H groups in total. The zero-order valence-corrected chi connectivity index (χ0v) is 13.5. The van der Waals surface area contributed by atoms with Crippen LogP contribution in [-0.2, 0) is 4.74 Å². The van der Waals surface area contributed by atoms with Crippen LogP contribution in [0, 0.1) is 11.8 Å². The summed E-state index contributed by atoms with van der Waals surface area (Å²) in [5, 5.41) is 0. The Morgan fingerprint density at radius 1 is 1.35 bits per heavy atom. The second-order valence-corrected chi connectivity index (χ2v) is 6.99. The molecule has 2 fully saturated rings. The van der Waals surface area contributed by atoms with E-state index in [1.165, 1.54) is 25.7 Å². The lowest BCUT2D eigenvalue weighted by atomic mass is 9.71. The van der Waals surface area contributed by atoms with Crippen LogP contribution < -0.4 is 11.3 Å². The van der Waals surface area contributed by atoms with Crippen molar-refractivity contribution in [3.8, 4) is 0 Å². The van der Waals surface area contributed by atoms with Gasteiger partial charge in [-0.2, -0.15) is 0 Å². The first-order valence-electron chi connectivity index (χ1n) is 8.40. The van der Waals surface area contributed by atoms with E-state index in [0.717, 1.165) is 38.6 Å². The fourth-order valence-corrected chi connectivity index (χ4v) is 4.32. The SMILES string of the molecule is CCC(C)(C(NN)C1CCCC(C)C1)N1CCOCC1. The Labute approximate surface area is 124 Å². The Balaban J connectivity index is 2.12. The van der Waals surface area contributed by atoms with Crippen molar-refractivity contribution >= 4 is 0 Å². The van der Waals surface area contributed by atoms with Crippen LogP contribution in [0.3, 0.4) is 0 Å². The van der Waals surface area contributed by atoms with Crippen molar-refractivity contribution in [3.63, 3.8) is 0 Å². The molecule has 0 aromatic rings. The molecule has 1 saturated carbocycles. The Morgan fingerprint density at radius 2 is 2.05 bits per heavy atom. The third-order valence-corrected chi connectivity index (χ3v) is 5.75. The molecule has 1 aliphatic heterocycles. The van der Waals surface area contributed by atoms with Gasteiger partial charge in [0.25, 0.3) is 0 Å². The van der Waals surface area contributed by atoms with Crippen LogP contribution in [0.5, 0.6) is 0 Å². The number of nitrogens with two attached hydrogens (primary N) is 1. The van der Waals surface area contributed by atoms with Gasteiger partial charge in [0.2, 0.25) is 0 Å². The molecular formula is C16H33N3O. The van der Waals surface area contributed by atoms with Crippen LogP contribution in [0.15, 0.2) is 0 Å². The minimum absolute atomic E-state index is 0.139. The van der Waals surface area contributed by atoms with Gasteiger partial charge in [-0.1, -0.05) is 26.7 Å². The molecule has 0 aromatic carbocycles. The average molecular weight is 283 g/mol. The molecule has 0 amide bonds. The van der Waals surface area contributed by atoms with E-state index in [9.17, 15) is 0 Å². The number of hydrogen-bond donors (Lipinski definition) is 2. The normalized spacial score (nSPS) is 33.6. The molecule has 2 aliphatic rings. The molecule has 0 spiro atoms. The van der Waals surface area contributed by atoms with Gasteiger partial charge < -0.3 is 4.74 Å². The number of rotatable bonds is 5. The first kappa shape index (κ1) is 16.2. The molecule has 0 radical (unpaired) electrons. The quantitative estimate of drug-likeness (QED) is 0.599. The summed E-state index contributed by atoms with van der Waals surface area (Å²) in [5.74, 6) is 7.56. The Hall–Kier alpha value is -0.160. The van der Waals surface area contributed by atoms with Crippen LogP contribution in [0.4, 0.5) is 0 Å². The van der Waals surface area contributed by atoms with Gasteiger partial charge in [0.1, 0.15) is 0 Å². The van der Waals surface area contributed by atoms with Crippen molar-refractivity contribution in [2.75, 3.05) is 26.3 Å². The van der Waals surface area contributed by atoms with E-state index in [0.29, 0.717) is 12.0 Å². The molecule has 1 heterocycles. The molecule has 2 rings (SSSR count). The topological polar surface area (TPSA) is 50.5 Å². The zero-order valence-electron chi connectivity index (χ0n) is 13.5. The highest BCUT2D eigenvalue weighted by atomic mass is 16.5. The largest absolute Gasteiger partial charge is 0.379 e. The lowest BCUT2D eigenvalue weighted by Crippen LogP contribution is -2.65. The van der Waals surface area contributed by atoms with Gasteiger partial charge in [-0.15, -0.1) is 0 Å². The summed E-state index contributed by atoms with van der Waals surface area (Å²) in [4.78, 5) is 2.60. The first-order valence-corrected chi connectivity index (χ1v) is 8.40. The fraction of sp³-hybridized carbons (Fsp3) is 1.00. The van der Waals surface area contributed by atoms with Crippen LogP contribution >= 0.6 is 0 Å². The monoisotopic (exact) mass is 283 g/mol. The summed E-state index contributed by atoms with van der Waals surface area (Å²) in [6.45, 7) is 10.9. The van der Waals surface area contributed by atoms with Gasteiger partial charge in [0.15, 0.2) is 0 Å². The minimum Gasteiger partial charge on any atom is -0.379 e. The van der Waals surface area contributed by atoms with Gasteiger partial charge in [-0.05, 0) is 38.0 Å². The third kappa shape index (κ3) is 3.35. The second kappa shape index (κ2) is 7.21. The lowest BCUT2D eigenvalue weighted by Gasteiger charge is -2.51. The van der Waals surface area contributed by atoms with Crippen molar-refractivity contribution in [3.05, 3.63) is 0 Å². The molecular weight excluding hydrogens is 250 g/mol. The van der Waals surface area contributed by atoms with Crippen LogP contribution in [0.25, 0.3) is 0 Å². The van der Waals surface area contributed by atoms with E-state index in [1.54, 1.807) is 0 Å². The molecule has 4 heteroatoms. The summed E-state index contributed by atoms with van der Waals surface area (Å²) >= 11 is 0. The van der Waals surface area contributed by atoms with E-state index >= 15 is 0 Å². The number of nitrogens with zero attached hydrogens (tertiary/aromatic N) is 1. The van der Waals surface area contributed by atoms with Crippen molar-refractivity contribution in [2.24, 2.45) is 17.7 Å². The predicted octanol–water partition coefficient (Wildman–Crippen LogP) is 2.15. The summed E-state index contributed by atoms with van der Waals surface area (Å²) in [6, 6.07) is 0.383. The highest BCUT2D eigenvalue weighted by Gasteiger charge is 2.43. The Morgan fingerprint density at radius 3 is 2.60 bits per heavy atom. The maximum Gasteiger partial charge on any atom is 0.0594 e. The van der Waals surface area contributed by atoms with Crippen molar-refractivity contribution in [2.45, 2.75) is 64.5 Å². The number of morpholine rings is 1. The summed E-state index contributed by atoms with van der Waals surface area (Å²) in [5.41, 5.74) is 3.34. The third-order valence-electron chi connectivity index (χ3n) is 5.75. The number of hydrazine groups is 1. The van der Waals surface area contributed by atoms with E-state index < -0.39 is 0 Å². The summed E-state index contributed by atoms with van der Waals surface area (Å²) < 4.78 is 5.52. The van der Waals surface area contributed by atoms with E-state index in [4.69, 9.17) is 10.6 Å². The van der Waals surface area contributed by atoms with E-state index in [1.807, 2.05) is 0 Å². The van der Waals surface area contributed by atoms with Crippen LogP contribution in [-0.4, -0.2) is 42.8 Å².